The van der Waals surface area contributed by atoms with Crippen molar-refractivity contribution in [2.45, 2.75) is 33.1 Å². The minimum Gasteiger partial charge on any atom is -0.375 e. The maximum Gasteiger partial charge on any atom is 0.261 e. The van der Waals surface area contributed by atoms with Crippen LogP contribution in [-0.4, -0.2) is 25.4 Å². The van der Waals surface area contributed by atoms with E-state index in [2.05, 4.69) is 4.74 Å². The molecule has 0 saturated carbocycles. The van der Waals surface area contributed by atoms with Crippen LogP contribution in [0.15, 0.2) is 18.2 Å². The molecule has 1 aromatic carbocycles. The molecule has 4 heteroatoms. The van der Waals surface area contributed by atoms with Crippen LogP contribution in [0.2, 0.25) is 0 Å². The zero-order valence-corrected chi connectivity index (χ0v) is 10.7. The third-order valence-electron chi connectivity index (χ3n) is 2.45. The summed E-state index contributed by atoms with van der Waals surface area (Å²) in [7, 11) is 0. The molecule has 100 valence electrons. The molecule has 0 spiro atoms. The van der Waals surface area contributed by atoms with Crippen molar-refractivity contribution >= 4 is 5.78 Å². The van der Waals surface area contributed by atoms with Gasteiger partial charge in [0.25, 0.3) is 6.43 Å². The lowest BCUT2D eigenvalue weighted by atomic mass is 10.0. The second kappa shape index (κ2) is 7.21. The molecular formula is C14H18F2O2. The number of carbonyl (C=O) groups is 1. The number of benzene rings is 1. The molecule has 0 aliphatic rings. The molecule has 18 heavy (non-hydrogen) atoms. The predicted octanol–water partition coefficient (Wildman–Crippen LogP) is 3.09. The largest absolute Gasteiger partial charge is 0.375 e. The first-order valence-corrected chi connectivity index (χ1v) is 5.92. The zero-order valence-electron chi connectivity index (χ0n) is 10.7. The Bertz CT molecular complexity index is 383. The van der Waals surface area contributed by atoms with Crippen molar-refractivity contribution in [3.8, 4) is 0 Å². The molecule has 2 nitrogen and oxygen atoms in total. The molecule has 0 N–H and O–H groups in total. The summed E-state index contributed by atoms with van der Waals surface area (Å²) >= 11 is 0. The first-order valence-electron chi connectivity index (χ1n) is 5.92. The molecule has 0 aliphatic carbocycles. The summed E-state index contributed by atoms with van der Waals surface area (Å²) in [6.45, 7) is 3.42. The molecule has 0 aliphatic heterocycles. The van der Waals surface area contributed by atoms with Crippen molar-refractivity contribution in [1.29, 1.82) is 0 Å². The van der Waals surface area contributed by atoms with Gasteiger partial charge >= 0.3 is 0 Å². The maximum absolute atomic E-state index is 11.8. The predicted molar refractivity (Wildman–Crippen MR) is 66.1 cm³/mol. The Balaban J connectivity index is 2.35. The number of halogens is 2. The Morgan fingerprint density at radius 2 is 1.83 bits per heavy atom. The van der Waals surface area contributed by atoms with Gasteiger partial charge in [0.05, 0.1) is 6.61 Å². The molecule has 0 unspecified atom stereocenters. The average molecular weight is 256 g/mol. The average Bonchev–Trinajstić information content (AvgIpc) is 2.22. The molecule has 1 aromatic rings. The van der Waals surface area contributed by atoms with Crippen molar-refractivity contribution < 1.29 is 18.3 Å². The minimum atomic E-state index is -2.47. The van der Waals surface area contributed by atoms with Gasteiger partial charge in [-0.1, -0.05) is 29.3 Å². The van der Waals surface area contributed by atoms with Gasteiger partial charge in [0.1, 0.15) is 12.4 Å². The number of carbonyl (C=O) groups excluding carboxylic acids is 1. The van der Waals surface area contributed by atoms with E-state index in [4.69, 9.17) is 0 Å². The number of Topliss-reactive ketones (excluding diaryl/α,β-unsaturated/α-hetero) is 1. The van der Waals surface area contributed by atoms with E-state index in [9.17, 15) is 13.6 Å². The van der Waals surface area contributed by atoms with Crippen LogP contribution in [0.4, 0.5) is 8.78 Å². The van der Waals surface area contributed by atoms with Crippen LogP contribution in [0, 0.1) is 13.8 Å². The van der Waals surface area contributed by atoms with E-state index in [-0.39, 0.29) is 18.8 Å². The molecule has 0 amide bonds. The number of rotatable bonds is 7. The van der Waals surface area contributed by atoms with Gasteiger partial charge in [-0.2, -0.15) is 0 Å². The molecule has 1 rings (SSSR count). The highest BCUT2D eigenvalue weighted by molar-refractivity contribution is 5.81. The zero-order chi connectivity index (χ0) is 13.5. The van der Waals surface area contributed by atoms with Crippen molar-refractivity contribution in [1.82, 2.24) is 0 Å². The lowest BCUT2D eigenvalue weighted by Gasteiger charge is -2.05. The maximum atomic E-state index is 11.8. The first-order chi connectivity index (χ1) is 8.47. The summed E-state index contributed by atoms with van der Waals surface area (Å²) in [6, 6.07) is 5.97. The number of aryl methyl sites for hydroxylation is 2. The van der Waals surface area contributed by atoms with Crippen LogP contribution in [0.25, 0.3) is 0 Å². The molecule has 0 radical (unpaired) electrons. The van der Waals surface area contributed by atoms with Crippen LogP contribution in [0.3, 0.4) is 0 Å². The molecule has 0 atom stereocenters. The topological polar surface area (TPSA) is 26.3 Å². The Kier molecular flexibility index (Phi) is 5.92. The quantitative estimate of drug-likeness (QED) is 0.701. The molecule has 0 bridgehead atoms. The van der Waals surface area contributed by atoms with E-state index in [1.54, 1.807) is 0 Å². The summed E-state index contributed by atoms with van der Waals surface area (Å²) in [5, 5.41) is 0. The van der Waals surface area contributed by atoms with Crippen LogP contribution in [-0.2, 0) is 16.0 Å². The number of hydrogen-bond acceptors (Lipinski definition) is 2. The van der Waals surface area contributed by atoms with Crippen molar-refractivity contribution in [3.05, 3.63) is 34.9 Å². The second-order valence-corrected chi connectivity index (χ2v) is 4.43. The van der Waals surface area contributed by atoms with Gasteiger partial charge in [0.15, 0.2) is 0 Å². The monoisotopic (exact) mass is 256 g/mol. The van der Waals surface area contributed by atoms with Crippen LogP contribution in [0.5, 0.6) is 0 Å². The van der Waals surface area contributed by atoms with Gasteiger partial charge < -0.3 is 4.74 Å². The molecule has 0 aromatic heterocycles. The van der Waals surface area contributed by atoms with E-state index in [0.717, 1.165) is 16.7 Å². The number of alkyl halides is 2. The molecular weight excluding hydrogens is 238 g/mol. The smallest absolute Gasteiger partial charge is 0.261 e. The highest BCUT2D eigenvalue weighted by Gasteiger charge is 2.06. The van der Waals surface area contributed by atoms with Crippen LogP contribution in [0.1, 0.15) is 23.1 Å². The standard InChI is InChI=1S/C14H18F2O2/c1-10-5-11(2)7-12(6-10)8-13(17)3-4-18-9-14(15)16/h5-7,14H,3-4,8-9H2,1-2H3. The fourth-order valence-electron chi connectivity index (χ4n) is 1.85. The summed E-state index contributed by atoms with van der Waals surface area (Å²) in [5.74, 6) is 0.00858. The highest BCUT2D eigenvalue weighted by Crippen LogP contribution is 2.10. The number of ether oxygens (including phenoxy) is 1. The van der Waals surface area contributed by atoms with Crippen molar-refractivity contribution in [3.63, 3.8) is 0 Å². The van der Waals surface area contributed by atoms with E-state index in [0.29, 0.717) is 6.42 Å². The summed E-state index contributed by atoms with van der Waals surface area (Å²) in [4.78, 5) is 11.6. The number of ketones is 1. The lowest BCUT2D eigenvalue weighted by Crippen LogP contribution is -2.11. The third-order valence-corrected chi connectivity index (χ3v) is 2.45. The van der Waals surface area contributed by atoms with Gasteiger partial charge in [-0.15, -0.1) is 0 Å². The van der Waals surface area contributed by atoms with Crippen LogP contribution >= 0.6 is 0 Å². The molecule has 0 fully saturated rings. The minimum absolute atomic E-state index is 0.00858. The van der Waals surface area contributed by atoms with Crippen molar-refractivity contribution in [2.24, 2.45) is 0 Å². The Morgan fingerprint density at radius 3 is 2.39 bits per heavy atom. The summed E-state index contributed by atoms with van der Waals surface area (Å²) in [6.07, 6.45) is -1.96. The Morgan fingerprint density at radius 1 is 1.22 bits per heavy atom. The third kappa shape index (κ3) is 5.87. The van der Waals surface area contributed by atoms with Gasteiger partial charge in [0.2, 0.25) is 0 Å². The first kappa shape index (κ1) is 14.8. The Labute approximate surface area is 106 Å². The fraction of sp³-hybridized carbons (Fsp3) is 0.500. The second-order valence-electron chi connectivity index (χ2n) is 4.43. The number of hydrogen-bond donors (Lipinski definition) is 0. The van der Waals surface area contributed by atoms with E-state index in [1.165, 1.54) is 0 Å². The molecule has 0 saturated heterocycles. The van der Waals surface area contributed by atoms with Gasteiger partial charge in [0, 0.05) is 12.8 Å². The fourth-order valence-corrected chi connectivity index (χ4v) is 1.85. The summed E-state index contributed by atoms with van der Waals surface area (Å²) < 4.78 is 28.3. The van der Waals surface area contributed by atoms with Crippen molar-refractivity contribution in [2.75, 3.05) is 13.2 Å². The van der Waals surface area contributed by atoms with E-state index < -0.39 is 13.0 Å². The normalized spacial score (nSPS) is 10.9. The lowest BCUT2D eigenvalue weighted by molar-refractivity contribution is -0.119. The van der Waals surface area contributed by atoms with Gasteiger partial charge in [-0.3, -0.25) is 4.79 Å². The molecule has 0 heterocycles. The summed E-state index contributed by atoms with van der Waals surface area (Å²) in [5.41, 5.74) is 3.20. The Hall–Kier alpha value is -1.29. The van der Waals surface area contributed by atoms with E-state index in [1.807, 2.05) is 32.0 Å². The SMILES string of the molecule is Cc1cc(C)cc(CC(=O)CCOCC(F)F)c1. The van der Waals surface area contributed by atoms with Gasteiger partial charge in [-0.05, 0) is 19.4 Å². The van der Waals surface area contributed by atoms with E-state index >= 15 is 0 Å². The van der Waals surface area contributed by atoms with Gasteiger partial charge in [-0.25, -0.2) is 8.78 Å². The van der Waals surface area contributed by atoms with Crippen LogP contribution < -0.4 is 0 Å². The highest BCUT2D eigenvalue weighted by atomic mass is 19.3.